The number of hydroxylamine groups is 1. The predicted octanol–water partition coefficient (Wildman–Crippen LogP) is 1.92. The Hall–Kier alpha value is -3.08. The van der Waals surface area contributed by atoms with Gasteiger partial charge >= 0.3 is 0 Å². The Balaban J connectivity index is 2.25. The van der Waals surface area contributed by atoms with Gasteiger partial charge in [-0.2, -0.15) is 0 Å². The summed E-state index contributed by atoms with van der Waals surface area (Å²) in [7, 11) is -2.19. The van der Waals surface area contributed by atoms with Crippen LogP contribution in [0.25, 0.3) is 0 Å². The zero-order valence-corrected chi connectivity index (χ0v) is 14.2. The average Bonchev–Trinajstić information content (AvgIpc) is 2.65. The molecule has 2 aromatic carbocycles. The molecule has 0 heterocycles. The largest absolute Gasteiger partial charge is 0.288 e. The van der Waals surface area contributed by atoms with E-state index in [1.54, 1.807) is 42.5 Å². The predicted molar refractivity (Wildman–Crippen MR) is 94.4 cm³/mol. The number of hydrogen-bond acceptors (Lipinski definition) is 4. The van der Waals surface area contributed by atoms with Crippen LogP contribution in [-0.2, 0) is 14.8 Å². The topological polar surface area (TPSA) is 86.7 Å². The van der Waals surface area contributed by atoms with E-state index in [9.17, 15) is 13.2 Å². The van der Waals surface area contributed by atoms with Crippen molar-refractivity contribution in [1.82, 2.24) is 5.48 Å². The molecule has 0 unspecified atom stereocenters. The molecule has 6 nitrogen and oxygen atoms in total. The minimum Gasteiger partial charge on any atom is -0.288 e. The quantitative estimate of drug-likeness (QED) is 0.379. The maximum atomic E-state index is 12.6. The molecule has 0 saturated heterocycles. The van der Waals surface area contributed by atoms with Crippen LogP contribution in [0.4, 0.5) is 5.69 Å². The first-order valence-corrected chi connectivity index (χ1v) is 8.65. The van der Waals surface area contributed by atoms with Crippen LogP contribution in [0.3, 0.4) is 0 Å². The van der Waals surface area contributed by atoms with Gasteiger partial charge in [0.1, 0.15) is 0 Å². The summed E-state index contributed by atoms with van der Waals surface area (Å²) < 4.78 is 26.4. The lowest BCUT2D eigenvalue weighted by Crippen LogP contribution is -2.26. The van der Waals surface area contributed by atoms with Crippen molar-refractivity contribution in [2.45, 2.75) is 4.90 Å². The van der Waals surface area contributed by atoms with Crippen LogP contribution < -0.4 is 9.79 Å². The highest BCUT2D eigenvalue weighted by Gasteiger charge is 2.20. The van der Waals surface area contributed by atoms with Gasteiger partial charge in [-0.05, 0) is 36.4 Å². The summed E-state index contributed by atoms with van der Waals surface area (Å²) >= 11 is 0. The van der Waals surface area contributed by atoms with Gasteiger partial charge in [-0.3, -0.25) is 14.3 Å². The van der Waals surface area contributed by atoms with Crippen LogP contribution in [-0.4, -0.2) is 26.6 Å². The van der Waals surface area contributed by atoms with Crippen molar-refractivity contribution in [2.75, 3.05) is 11.4 Å². The first-order valence-electron chi connectivity index (χ1n) is 7.21. The highest BCUT2D eigenvalue weighted by molar-refractivity contribution is 7.92. The Morgan fingerprint density at radius 1 is 1.16 bits per heavy atom. The van der Waals surface area contributed by atoms with Crippen LogP contribution >= 0.6 is 0 Å². The number of nitrogens with one attached hydrogen (secondary N) is 1. The van der Waals surface area contributed by atoms with Gasteiger partial charge in [0.15, 0.2) is 0 Å². The Kier molecular flexibility index (Phi) is 5.95. The van der Waals surface area contributed by atoms with Crippen LogP contribution in [0.2, 0.25) is 0 Å². The molecule has 0 aliphatic rings. The number of carbonyl (C=O) groups excluding carboxylic acids is 1. The summed E-state index contributed by atoms with van der Waals surface area (Å²) in [6, 6.07) is 14.9. The van der Waals surface area contributed by atoms with E-state index < -0.39 is 15.9 Å². The number of amides is 1. The van der Waals surface area contributed by atoms with Crippen molar-refractivity contribution in [2.24, 2.45) is 0 Å². The molecule has 2 aromatic rings. The number of carbonyl (C=O) groups is 1. The van der Waals surface area contributed by atoms with E-state index in [1.165, 1.54) is 35.0 Å². The van der Waals surface area contributed by atoms with E-state index in [1.807, 2.05) is 0 Å². The number of hydrogen-bond donors (Lipinski definition) is 2. The molecule has 1 amide bonds. The average molecular weight is 356 g/mol. The molecule has 0 saturated carbocycles. The highest BCUT2D eigenvalue weighted by Crippen LogP contribution is 2.22. The first kappa shape index (κ1) is 18.3. The fourth-order valence-electron chi connectivity index (χ4n) is 1.95. The number of rotatable bonds is 4. The molecule has 0 fully saturated rings. The lowest BCUT2D eigenvalue weighted by Gasteiger charge is -2.19. The van der Waals surface area contributed by atoms with Gasteiger partial charge < -0.3 is 0 Å². The van der Waals surface area contributed by atoms with Gasteiger partial charge in [-0.25, -0.2) is 13.9 Å². The highest BCUT2D eigenvalue weighted by atomic mass is 32.2. The lowest BCUT2D eigenvalue weighted by molar-refractivity contribution is -0.124. The fraction of sp³-hybridized carbons (Fsp3) is 0.0556. The minimum absolute atomic E-state index is 0.201. The normalized spacial score (nSPS) is 10.8. The van der Waals surface area contributed by atoms with Crippen LogP contribution in [0.5, 0.6) is 0 Å². The van der Waals surface area contributed by atoms with Crippen molar-refractivity contribution in [3.05, 3.63) is 72.3 Å². The second-order valence-electron chi connectivity index (χ2n) is 4.91. The molecule has 2 N–H and O–H groups in total. The Morgan fingerprint density at radius 3 is 2.56 bits per heavy atom. The van der Waals surface area contributed by atoms with Crippen LogP contribution in [0.15, 0.2) is 71.6 Å². The van der Waals surface area contributed by atoms with Crippen molar-refractivity contribution in [3.63, 3.8) is 0 Å². The van der Waals surface area contributed by atoms with E-state index in [2.05, 4.69) is 11.8 Å². The third-order valence-electron chi connectivity index (χ3n) is 3.26. The second kappa shape index (κ2) is 8.15. The number of anilines is 1. The molecular weight excluding hydrogens is 340 g/mol. The maximum absolute atomic E-state index is 12.6. The molecule has 128 valence electrons. The lowest BCUT2D eigenvalue weighted by atomic mass is 10.2. The number of benzene rings is 2. The van der Waals surface area contributed by atoms with Gasteiger partial charge in [-0.15, -0.1) is 0 Å². The van der Waals surface area contributed by atoms with Crippen molar-refractivity contribution < 1.29 is 18.4 Å². The van der Waals surface area contributed by atoms with Crippen molar-refractivity contribution in [1.29, 1.82) is 0 Å². The molecule has 25 heavy (non-hydrogen) atoms. The van der Waals surface area contributed by atoms with Gasteiger partial charge in [0.05, 0.1) is 10.6 Å². The molecule has 0 atom stereocenters. The zero-order chi connectivity index (χ0) is 18.3. The van der Waals surface area contributed by atoms with E-state index in [-0.39, 0.29) is 4.90 Å². The molecule has 7 heteroatoms. The van der Waals surface area contributed by atoms with E-state index in [4.69, 9.17) is 5.21 Å². The number of allylic oxidation sites excluding steroid dienone is 1. The molecule has 0 aromatic heterocycles. The van der Waals surface area contributed by atoms with E-state index in [0.717, 1.165) is 6.08 Å². The Morgan fingerprint density at radius 2 is 1.88 bits per heavy atom. The maximum Gasteiger partial charge on any atom is 0.267 e. The van der Waals surface area contributed by atoms with E-state index in [0.29, 0.717) is 11.3 Å². The van der Waals surface area contributed by atoms with E-state index >= 15 is 0 Å². The molecular formula is C18H16N2O4S. The summed E-state index contributed by atoms with van der Waals surface area (Å²) in [5.41, 5.74) is 2.50. The van der Waals surface area contributed by atoms with Crippen molar-refractivity contribution >= 4 is 21.6 Å². The van der Waals surface area contributed by atoms with Crippen LogP contribution in [0.1, 0.15) is 5.56 Å². The summed E-state index contributed by atoms with van der Waals surface area (Å²) in [6.07, 6.45) is 2.35. The zero-order valence-electron chi connectivity index (χ0n) is 13.4. The van der Waals surface area contributed by atoms with Gasteiger partial charge in [0, 0.05) is 18.7 Å². The van der Waals surface area contributed by atoms with Crippen LogP contribution in [0, 0.1) is 11.8 Å². The SMILES string of the molecule is CN(c1cccc(C#CC=CC(=O)NO)c1)S(=O)(=O)c1ccccc1. The number of nitrogens with zero attached hydrogens (tertiary/aromatic N) is 1. The molecule has 0 bridgehead atoms. The van der Waals surface area contributed by atoms with Crippen molar-refractivity contribution in [3.8, 4) is 11.8 Å². The Labute approximate surface area is 146 Å². The first-order chi connectivity index (χ1) is 11.9. The van der Waals surface area contributed by atoms with Gasteiger partial charge in [-0.1, -0.05) is 36.1 Å². The smallest absolute Gasteiger partial charge is 0.267 e. The molecule has 0 radical (unpaired) electrons. The fourth-order valence-corrected chi connectivity index (χ4v) is 3.16. The summed E-state index contributed by atoms with van der Waals surface area (Å²) in [6.45, 7) is 0. The molecule has 2 rings (SSSR count). The third-order valence-corrected chi connectivity index (χ3v) is 5.06. The molecule has 0 spiro atoms. The van der Waals surface area contributed by atoms with Gasteiger partial charge in [0.2, 0.25) is 0 Å². The summed E-state index contributed by atoms with van der Waals surface area (Å²) in [5.74, 6) is 4.74. The standard InChI is InChI=1S/C18H16N2O4S/c1-20(25(23,24)17-11-3-2-4-12-17)16-10-7-9-15(14-16)8-5-6-13-18(21)19-22/h2-4,6-7,9-14,22H,1H3,(H,19,21). The second-order valence-corrected chi connectivity index (χ2v) is 6.88. The minimum atomic E-state index is -3.66. The Bertz CT molecular complexity index is 942. The summed E-state index contributed by atoms with van der Waals surface area (Å²) in [5, 5.41) is 8.36. The monoisotopic (exact) mass is 356 g/mol. The van der Waals surface area contributed by atoms with Gasteiger partial charge in [0.25, 0.3) is 15.9 Å². The summed E-state index contributed by atoms with van der Waals surface area (Å²) in [4.78, 5) is 11.0. The molecule has 0 aliphatic heterocycles. The third kappa shape index (κ3) is 4.70. The number of sulfonamides is 1. The molecule has 0 aliphatic carbocycles.